The van der Waals surface area contributed by atoms with Crippen molar-refractivity contribution in [2.45, 2.75) is 6.04 Å². The van der Waals surface area contributed by atoms with E-state index in [0.717, 1.165) is 36.3 Å². The van der Waals surface area contributed by atoms with Gasteiger partial charge < -0.3 is 21.1 Å². The van der Waals surface area contributed by atoms with Crippen LogP contribution >= 0.6 is 11.3 Å². The molecular formula is C9H16N4OS. The lowest BCUT2D eigenvalue weighted by Gasteiger charge is -2.26. The molecule has 1 aromatic heterocycles. The van der Waals surface area contributed by atoms with E-state index in [4.69, 9.17) is 16.2 Å². The first-order valence-electron chi connectivity index (χ1n) is 5.05. The Morgan fingerprint density at radius 3 is 2.93 bits per heavy atom. The van der Waals surface area contributed by atoms with Gasteiger partial charge in [-0.3, -0.25) is 0 Å². The zero-order chi connectivity index (χ0) is 10.7. The standard InChI is InChI=1S/C9H16N4OS/c10-5-7(11)8-6-12-9(15-8)13-1-3-14-4-2-13/h6-7H,1-5,10-11H2. The molecule has 0 saturated carbocycles. The monoisotopic (exact) mass is 228 g/mol. The summed E-state index contributed by atoms with van der Waals surface area (Å²) in [6.45, 7) is 3.83. The zero-order valence-electron chi connectivity index (χ0n) is 8.56. The lowest BCUT2D eigenvalue weighted by atomic mass is 10.3. The highest BCUT2D eigenvalue weighted by atomic mass is 32.1. The molecule has 5 nitrogen and oxygen atoms in total. The van der Waals surface area contributed by atoms with E-state index < -0.39 is 0 Å². The number of hydrogen-bond acceptors (Lipinski definition) is 6. The molecule has 1 saturated heterocycles. The van der Waals surface area contributed by atoms with Crippen molar-refractivity contribution in [2.75, 3.05) is 37.7 Å². The second-order valence-electron chi connectivity index (χ2n) is 3.49. The number of hydrogen-bond donors (Lipinski definition) is 2. The Morgan fingerprint density at radius 1 is 1.53 bits per heavy atom. The van der Waals surface area contributed by atoms with Gasteiger partial charge in [0.05, 0.1) is 19.3 Å². The highest BCUT2D eigenvalue weighted by Gasteiger charge is 2.16. The molecule has 1 aliphatic heterocycles. The van der Waals surface area contributed by atoms with Gasteiger partial charge in [0.1, 0.15) is 0 Å². The van der Waals surface area contributed by atoms with E-state index in [1.54, 1.807) is 11.3 Å². The van der Waals surface area contributed by atoms with E-state index in [1.807, 2.05) is 6.20 Å². The van der Waals surface area contributed by atoms with E-state index in [9.17, 15) is 0 Å². The maximum Gasteiger partial charge on any atom is 0.185 e. The van der Waals surface area contributed by atoms with Crippen LogP contribution in [-0.4, -0.2) is 37.8 Å². The number of anilines is 1. The Hall–Kier alpha value is -0.690. The third-order valence-corrected chi connectivity index (χ3v) is 3.60. The van der Waals surface area contributed by atoms with Crippen molar-refractivity contribution >= 4 is 16.5 Å². The van der Waals surface area contributed by atoms with Crippen LogP contribution in [0, 0.1) is 0 Å². The van der Waals surface area contributed by atoms with E-state index in [0.29, 0.717) is 6.54 Å². The van der Waals surface area contributed by atoms with Gasteiger partial charge in [-0.05, 0) is 0 Å². The molecule has 4 N–H and O–H groups in total. The molecule has 0 bridgehead atoms. The van der Waals surface area contributed by atoms with Gasteiger partial charge in [0.15, 0.2) is 5.13 Å². The fraction of sp³-hybridized carbons (Fsp3) is 0.667. The SMILES string of the molecule is NCC(N)c1cnc(N2CCOCC2)s1. The summed E-state index contributed by atoms with van der Waals surface area (Å²) < 4.78 is 5.29. The summed E-state index contributed by atoms with van der Waals surface area (Å²) >= 11 is 1.63. The van der Waals surface area contributed by atoms with Crippen molar-refractivity contribution in [1.82, 2.24) is 4.98 Å². The van der Waals surface area contributed by atoms with E-state index in [-0.39, 0.29) is 6.04 Å². The first-order valence-corrected chi connectivity index (χ1v) is 5.87. The van der Waals surface area contributed by atoms with Gasteiger partial charge in [-0.25, -0.2) is 4.98 Å². The molecular weight excluding hydrogens is 212 g/mol. The molecule has 2 heterocycles. The molecule has 0 radical (unpaired) electrons. The molecule has 15 heavy (non-hydrogen) atoms. The first kappa shape index (κ1) is 10.8. The molecule has 1 unspecified atom stereocenters. The summed E-state index contributed by atoms with van der Waals surface area (Å²) in [5, 5.41) is 1.03. The van der Waals surface area contributed by atoms with E-state index in [2.05, 4.69) is 9.88 Å². The number of thiazole rings is 1. The second kappa shape index (κ2) is 4.89. The predicted octanol–water partition coefficient (Wildman–Crippen LogP) is -0.0618. The second-order valence-corrected chi connectivity index (χ2v) is 4.53. The minimum Gasteiger partial charge on any atom is -0.378 e. The highest BCUT2D eigenvalue weighted by Crippen LogP contribution is 2.26. The molecule has 6 heteroatoms. The topological polar surface area (TPSA) is 77.4 Å². The number of nitrogens with zero attached hydrogens (tertiary/aromatic N) is 2. The number of morpholine rings is 1. The molecule has 0 amide bonds. The molecule has 1 aromatic rings. The van der Waals surface area contributed by atoms with Gasteiger partial charge in [0.2, 0.25) is 0 Å². The van der Waals surface area contributed by atoms with Crippen LogP contribution in [-0.2, 0) is 4.74 Å². The van der Waals surface area contributed by atoms with Crippen molar-refractivity contribution in [1.29, 1.82) is 0 Å². The average molecular weight is 228 g/mol. The minimum atomic E-state index is -0.0858. The van der Waals surface area contributed by atoms with Crippen LogP contribution < -0.4 is 16.4 Å². The summed E-state index contributed by atoms with van der Waals surface area (Å²) in [4.78, 5) is 7.64. The zero-order valence-corrected chi connectivity index (χ0v) is 9.37. The molecule has 1 fully saturated rings. The summed E-state index contributed by atoms with van der Waals surface area (Å²) in [5.74, 6) is 0. The van der Waals surface area contributed by atoms with Crippen molar-refractivity contribution in [2.24, 2.45) is 11.5 Å². The van der Waals surface area contributed by atoms with Gasteiger partial charge in [-0.15, -0.1) is 11.3 Å². The Labute approximate surface area is 93.0 Å². The third kappa shape index (κ3) is 2.46. The summed E-state index contributed by atoms with van der Waals surface area (Å²) in [5.41, 5.74) is 11.4. The van der Waals surface area contributed by atoms with E-state index in [1.165, 1.54) is 0 Å². The Morgan fingerprint density at radius 2 is 2.27 bits per heavy atom. The fourth-order valence-electron chi connectivity index (χ4n) is 1.47. The van der Waals surface area contributed by atoms with Gasteiger partial charge >= 0.3 is 0 Å². The number of ether oxygens (including phenoxy) is 1. The predicted molar refractivity (Wildman–Crippen MR) is 61.1 cm³/mol. The van der Waals surface area contributed by atoms with E-state index >= 15 is 0 Å². The maximum absolute atomic E-state index is 5.84. The Bertz CT molecular complexity index is 311. The van der Waals surface area contributed by atoms with Crippen LogP contribution in [0.2, 0.25) is 0 Å². The Kier molecular flexibility index (Phi) is 3.53. The molecule has 0 aromatic carbocycles. The summed E-state index contributed by atoms with van der Waals surface area (Å²) in [6, 6.07) is -0.0858. The minimum absolute atomic E-state index is 0.0858. The molecule has 84 valence electrons. The van der Waals surface area contributed by atoms with Crippen LogP contribution in [0.5, 0.6) is 0 Å². The van der Waals surface area contributed by atoms with Crippen molar-refractivity contribution in [3.8, 4) is 0 Å². The fourth-order valence-corrected chi connectivity index (χ4v) is 2.45. The molecule has 2 rings (SSSR count). The number of rotatable bonds is 3. The largest absolute Gasteiger partial charge is 0.378 e. The third-order valence-electron chi connectivity index (χ3n) is 2.41. The van der Waals surface area contributed by atoms with Gasteiger partial charge in [0.25, 0.3) is 0 Å². The van der Waals surface area contributed by atoms with Crippen LogP contribution in [0.3, 0.4) is 0 Å². The van der Waals surface area contributed by atoms with Crippen molar-refractivity contribution in [3.63, 3.8) is 0 Å². The van der Waals surface area contributed by atoms with Gasteiger partial charge in [0, 0.05) is 30.7 Å². The van der Waals surface area contributed by atoms with Crippen LogP contribution in [0.15, 0.2) is 6.20 Å². The first-order chi connectivity index (χ1) is 7.31. The normalized spacial score (nSPS) is 19.2. The van der Waals surface area contributed by atoms with Crippen LogP contribution in [0.25, 0.3) is 0 Å². The number of nitrogens with two attached hydrogens (primary N) is 2. The van der Waals surface area contributed by atoms with Crippen molar-refractivity contribution < 1.29 is 4.74 Å². The number of aromatic nitrogens is 1. The highest BCUT2D eigenvalue weighted by molar-refractivity contribution is 7.15. The summed E-state index contributed by atoms with van der Waals surface area (Å²) in [6.07, 6.45) is 1.83. The molecule has 0 aliphatic carbocycles. The van der Waals surface area contributed by atoms with Crippen LogP contribution in [0.1, 0.15) is 10.9 Å². The Balaban J connectivity index is 2.05. The maximum atomic E-state index is 5.84. The van der Waals surface area contributed by atoms with Gasteiger partial charge in [-0.1, -0.05) is 0 Å². The lowest BCUT2D eigenvalue weighted by Crippen LogP contribution is -2.36. The molecule has 1 atom stereocenters. The smallest absolute Gasteiger partial charge is 0.185 e. The van der Waals surface area contributed by atoms with Crippen LogP contribution in [0.4, 0.5) is 5.13 Å². The van der Waals surface area contributed by atoms with Gasteiger partial charge in [-0.2, -0.15) is 0 Å². The average Bonchev–Trinajstić information content (AvgIpc) is 2.78. The lowest BCUT2D eigenvalue weighted by molar-refractivity contribution is 0.122. The quantitative estimate of drug-likeness (QED) is 0.758. The molecule has 1 aliphatic rings. The summed E-state index contributed by atoms with van der Waals surface area (Å²) in [7, 11) is 0. The van der Waals surface area contributed by atoms with Crippen molar-refractivity contribution in [3.05, 3.63) is 11.1 Å². The molecule has 0 spiro atoms.